The minimum atomic E-state index is -5.04. The second-order valence-electron chi connectivity index (χ2n) is 11.0. The number of alkyl halides is 6. The van der Waals surface area contributed by atoms with E-state index >= 15 is 0 Å². The fourth-order valence-electron chi connectivity index (χ4n) is 5.38. The zero-order valence-corrected chi connectivity index (χ0v) is 25.2. The lowest BCUT2D eigenvalue weighted by Crippen LogP contribution is -2.57. The molecule has 0 radical (unpaired) electrons. The van der Waals surface area contributed by atoms with Crippen molar-refractivity contribution in [1.29, 1.82) is 0 Å². The predicted octanol–water partition coefficient (Wildman–Crippen LogP) is 8.95. The second-order valence-corrected chi connectivity index (χ2v) is 11.4. The summed E-state index contributed by atoms with van der Waals surface area (Å²) >= 11 is 5.91. The van der Waals surface area contributed by atoms with Gasteiger partial charge < -0.3 is 14.6 Å². The zero-order chi connectivity index (χ0) is 33.7. The van der Waals surface area contributed by atoms with Gasteiger partial charge in [-0.3, -0.25) is 4.90 Å². The van der Waals surface area contributed by atoms with E-state index in [2.05, 4.69) is 0 Å². The molecular formula is C33H30ClF6NO5. The average Bonchev–Trinajstić information content (AvgIpc) is 3.02. The summed E-state index contributed by atoms with van der Waals surface area (Å²) in [4.78, 5) is 26.6. The molecule has 46 heavy (non-hydrogen) atoms. The van der Waals surface area contributed by atoms with Crippen LogP contribution in [0.25, 0.3) is 0 Å². The first-order chi connectivity index (χ1) is 21.6. The van der Waals surface area contributed by atoms with E-state index in [-0.39, 0.29) is 37.8 Å². The van der Waals surface area contributed by atoms with Crippen molar-refractivity contribution in [3.8, 4) is 0 Å². The van der Waals surface area contributed by atoms with Gasteiger partial charge in [0.05, 0.1) is 29.4 Å². The van der Waals surface area contributed by atoms with Crippen LogP contribution in [-0.4, -0.2) is 35.2 Å². The van der Waals surface area contributed by atoms with E-state index in [4.69, 9.17) is 21.1 Å². The van der Waals surface area contributed by atoms with Crippen molar-refractivity contribution in [1.82, 2.24) is 4.90 Å². The summed E-state index contributed by atoms with van der Waals surface area (Å²) in [6.07, 6.45) is -10.3. The van der Waals surface area contributed by atoms with E-state index in [1.807, 2.05) is 0 Å². The summed E-state index contributed by atoms with van der Waals surface area (Å²) in [6, 6.07) is 18.7. The predicted molar refractivity (Wildman–Crippen MR) is 157 cm³/mol. The first-order valence-corrected chi connectivity index (χ1v) is 14.5. The number of amides is 1. The number of ether oxygens (including phenoxy) is 2. The molecule has 246 valence electrons. The number of hydrogen-bond acceptors (Lipinski definition) is 4. The van der Waals surface area contributed by atoms with E-state index in [0.717, 1.165) is 0 Å². The number of likely N-dealkylation sites (tertiary alicyclic amines) is 1. The fraction of sp³-hybridized carbons (Fsp3) is 0.333. The van der Waals surface area contributed by atoms with Gasteiger partial charge in [-0.2, -0.15) is 26.3 Å². The number of halogens is 7. The minimum Gasteiger partial charge on any atom is -0.477 e. The summed E-state index contributed by atoms with van der Waals surface area (Å²) in [6.45, 7) is 0.831. The molecule has 0 saturated carbocycles. The van der Waals surface area contributed by atoms with Crippen LogP contribution in [0.3, 0.4) is 0 Å². The summed E-state index contributed by atoms with van der Waals surface area (Å²) in [7, 11) is 0. The molecule has 0 aromatic heterocycles. The number of piperidine rings is 1. The third kappa shape index (κ3) is 8.41. The van der Waals surface area contributed by atoms with Gasteiger partial charge in [-0.05, 0) is 60.6 Å². The van der Waals surface area contributed by atoms with Crippen molar-refractivity contribution < 1.29 is 50.5 Å². The molecule has 1 N–H and O–H groups in total. The summed E-state index contributed by atoms with van der Waals surface area (Å²) in [5, 5.41) is 8.87. The van der Waals surface area contributed by atoms with Gasteiger partial charge in [0.2, 0.25) is 0 Å². The van der Waals surface area contributed by atoms with Crippen molar-refractivity contribution in [3.05, 3.63) is 118 Å². The molecular weight excluding hydrogens is 640 g/mol. The molecule has 3 aromatic rings. The first kappa shape index (κ1) is 34.8. The smallest absolute Gasteiger partial charge is 0.416 e. The Labute approximate surface area is 266 Å². The van der Waals surface area contributed by atoms with Gasteiger partial charge in [0.15, 0.2) is 0 Å². The van der Waals surface area contributed by atoms with Crippen LogP contribution >= 0.6 is 11.6 Å². The maximum Gasteiger partial charge on any atom is 0.416 e. The molecule has 1 aliphatic rings. The number of carbonyl (C=O) groups is 2. The van der Waals surface area contributed by atoms with Crippen LogP contribution in [-0.2, 0) is 38.8 Å². The third-order valence-corrected chi connectivity index (χ3v) is 8.12. The number of carboxylic acids is 1. The van der Waals surface area contributed by atoms with E-state index in [1.54, 1.807) is 60.7 Å². The molecule has 0 aliphatic carbocycles. The molecule has 0 spiro atoms. The number of benzene rings is 3. The molecule has 0 bridgehead atoms. The lowest BCUT2D eigenvalue weighted by atomic mass is 9.77. The topological polar surface area (TPSA) is 76.1 Å². The Hall–Kier alpha value is -4.03. The highest BCUT2D eigenvalue weighted by atomic mass is 35.5. The molecule has 1 aliphatic heterocycles. The Morgan fingerprint density at radius 2 is 1.54 bits per heavy atom. The second kappa shape index (κ2) is 14.2. The third-order valence-electron chi connectivity index (χ3n) is 7.84. The highest BCUT2D eigenvalue weighted by molar-refractivity contribution is 6.40. The number of carbonyl (C=O) groups excluding carboxylic acids is 1. The van der Waals surface area contributed by atoms with Crippen LogP contribution in [0.15, 0.2) is 90.0 Å². The number of hydrogen-bond donors (Lipinski definition) is 1. The van der Waals surface area contributed by atoms with Crippen molar-refractivity contribution in [3.63, 3.8) is 0 Å². The van der Waals surface area contributed by atoms with Gasteiger partial charge in [0.1, 0.15) is 11.6 Å². The van der Waals surface area contributed by atoms with Gasteiger partial charge in [0.25, 0.3) is 0 Å². The van der Waals surface area contributed by atoms with Gasteiger partial charge in [-0.25, -0.2) is 9.59 Å². The normalized spacial score (nSPS) is 19.9. The van der Waals surface area contributed by atoms with E-state index in [9.17, 15) is 41.0 Å². The molecule has 2 unspecified atom stereocenters. The molecule has 4 rings (SSSR count). The largest absolute Gasteiger partial charge is 0.477 e. The lowest BCUT2D eigenvalue weighted by molar-refractivity contribution is -0.143. The maximum absolute atomic E-state index is 13.8. The van der Waals surface area contributed by atoms with Crippen LogP contribution < -0.4 is 0 Å². The number of nitrogens with zero attached hydrogens (tertiary/aromatic N) is 1. The summed E-state index contributed by atoms with van der Waals surface area (Å²) < 4.78 is 93.0. The number of rotatable bonds is 9. The molecule has 1 heterocycles. The van der Waals surface area contributed by atoms with Crippen molar-refractivity contribution in [2.24, 2.45) is 5.92 Å². The Morgan fingerprint density at radius 1 is 0.978 bits per heavy atom. The van der Waals surface area contributed by atoms with E-state index < -0.39 is 58.1 Å². The first-order valence-electron chi connectivity index (χ1n) is 14.2. The summed E-state index contributed by atoms with van der Waals surface area (Å²) in [5.41, 5.74) is -3.33. The van der Waals surface area contributed by atoms with Gasteiger partial charge in [-0.1, -0.05) is 78.3 Å². The Bertz CT molecular complexity index is 1520. The van der Waals surface area contributed by atoms with Gasteiger partial charge in [0, 0.05) is 6.54 Å². The Morgan fingerprint density at radius 3 is 2.09 bits per heavy atom. The molecule has 3 atom stereocenters. The van der Waals surface area contributed by atoms with Crippen molar-refractivity contribution in [2.75, 3.05) is 13.2 Å². The van der Waals surface area contributed by atoms with E-state index in [0.29, 0.717) is 29.7 Å². The van der Waals surface area contributed by atoms with Crippen molar-refractivity contribution in [2.45, 2.75) is 50.4 Å². The minimum absolute atomic E-state index is 0.0448. The van der Waals surface area contributed by atoms with Crippen LogP contribution in [0.5, 0.6) is 0 Å². The van der Waals surface area contributed by atoms with Crippen LogP contribution in [0.1, 0.15) is 53.7 Å². The molecule has 3 aromatic carbocycles. The molecule has 1 amide bonds. The molecule has 6 nitrogen and oxygen atoms in total. The van der Waals surface area contributed by atoms with Gasteiger partial charge in [-0.15, -0.1) is 0 Å². The number of aliphatic carboxylic acids is 1. The molecule has 13 heteroatoms. The van der Waals surface area contributed by atoms with Crippen LogP contribution in [0, 0.1) is 5.92 Å². The Kier molecular flexibility index (Phi) is 10.7. The zero-order valence-electron chi connectivity index (χ0n) is 24.4. The maximum atomic E-state index is 13.8. The number of carboxylic acid groups (broad SMARTS) is 1. The monoisotopic (exact) mass is 669 g/mol. The van der Waals surface area contributed by atoms with Crippen LogP contribution in [0.2, 0.25) is 0 Å². The summed E-state index contributed by atoms with van der Waals surface area (Å²) in [5.74, 6) is -1.86. The fourth-order valence-corrected chi connectivity index (χ4v) is 5.55. The molecule has 1 saturated heterocycles. The molecule has 1 fully saturated rings. The highest BCUT2D eigenvalue weighted by Gasteiger charge is 2.47. The standard InChI is InChI=1S/C33H30ClF6NO5/c1-21(24-15-26(32(35,36)37)17-27(16-24)33(38,39)40)46-20-31(25-10-6-3-7-11-25)13-12-23(14-28(34)29(42)43)18-41(31)30(44)45-19-22-8-4-2-5-9-22/h2-11,14-17,21,23H,12-13,18-20H2,1H3,(H,42,43)/b28-14-/t21?,23?,31-/m1/s1. The average molecular weight is 670 g/mol. The van der Waals surface area contributed by atoms with Crippen LogP contribution in [0.4, 0.5) is 31.1 Å². The van der Waals surface area contributed by atoms with Crippen molar-refractivity contribution >= 4 is 23.7 Å². The van der Waals surface area contributed by atoms with E-state index in [1.165, 1.54) is 17.9 Å². The quantitative estimate of drug-likeness (QED) is 0.182. The lowest BCUT2D eigenvalue weighted by Gasteiger charge is -2.49. The SMILES string of the molecule is CC(OC[C@@]1(c2ccccc2)CCC(/C=C(\Cl)C(=O)O)CN1C(=O)OCc1ccccc1)c1cc(C(F)(F)F)cc(C(F)(F)F)c1. The Balaban J connectivity index is 1.72. The highest BCUT2D eigenvalue weighted by Crippen LogP contribution is 2.43. The van der Waals surface area contributed by atoms with Gasteiger partial charge >= 0.3 is 24.4 Å².